The second-order valence-corrected chi connectivity index (χ2v) is 12.3. The number of allylic oxidation sites excluding steroid dienone is 3. The van der Waals surface area contributed by atoms with Gasteiger partial charge < -0.3 is 10.2 Å². The molecule has 0 amide bonds. The quantitative estimate of drug-likeness (QED) is 0.524. The van der Waals surface area contributed by atoms with Crippen LogP contribution < -0.4 is 0 Å². The lowest BCUT2D eigenvalue weighted by Crippen LogP contribution is -2.56. The van der Waals surface area contributed by atoms with E-state index in [2.05, 4.69) is 59.8 Å². The van der Waals surface area contributed by atoms with Crippen molar-refractivity contribution in [1.29, 1.82) is 0 Å². The Morgan fingerprint density at radius 1 is 1.00 bits per heavy atom. The van der Waals surface area contributed by atoms with Crippen LogP contribution in [0.1, 0.15) is 86.5 Å². The lowest BCUT2D eigenvalue weighted by Gasteiger charge is -2.60. The summed E-state index contributed by atoms with van der Waals surface area (Å²) in [5.74, 6) is 4.34. The largest absolute Gasteiger partial charge is 0.393 e. The number of rotatable bonds is 4. The normalized spacial score (nSPS) is 48.1. The summed E-state index contributed by atoms with van der Waals surface area (Å²) < 4.78 is 0. The Hall–Kier alpha value is -0.600. The van der Waals surface area contributed by atoms with Crippen molar-refractivity contribution in [3.05, 3.63) is 23.8 Å². The first-order valence-electron chi connectivity index (χ1n) is 12.8. The molecule has 4 aliphatic rings. The van der Waals surface area contributed by atoms with E-state index in [0.717, 1.165) is 32.1 Å². The van der Waals surface area contributed by atoms with Crippen molar-refractivity contribution in [2.24, 2.45) is 52.3 Å². The van der Waals surface area contributed by atoms with Gasteiger partial charge >= 0.3 is 0 Å². The van der Waals surface area contributed by atoms with Gasteiger partial charge in [-0.1, -0.05) is 65.3 Å². The van der Waals surface area contributed by atoms with Crippen molar-refractivity contribution < 1.29 is 10.2 Å². The van der Waals surface area contributed by atoms with Crippen LogP contribution in [0.3, 0.4) is 0 Å². The van der Waals surface area contributed by atoms with E-state index in [4.69, 9.17) is 0 Å². The van der Waals surface area contributed by atoms with E-state index in [0.29, 0.717) is 41.4 Å². The van der Waals surface area contributed by atoms with Crippen molar-refractivity contribution in [3.63, 3.8) is 0 Å². The van der Waals surface area contributed by atoms with Crippen molar-refractivity contribution >= 4 is 0 Å². The number of fused-ring (bicyclic) bond motifs is 5. The third kappa shape index (κ3) is 3.45. The molecule has 0 bridgehead atoms. The highest BCUT2D eigenvalue weighted by Crippen LogP contribution is 2.67. The molecule has 0 heterocycles. The van der Waals surface area contributed by atoms with Gasteiger partial charge in [0.25, 0.3) is 0 Å². The second kappa shape index (κ2) is 8.07. The molecule has 4 aliphatic carbocycles. The molecule has 4 rings (SSSR count). The average molecular weight is 415 g/mol. The third-order valence-corrected chi connectivity index (χ3v) is 10.7. The average Bonchev–Trinajstić information content (AvgIpc) is 3.06. The van der Waals surface area contributed by atoms with Gasteiger partial charge in [-0.25, -0.2) is 0 Å². The van der Waals surface area contributed by atoms with E-state index in [1.165, 1.54) is 18.4 Å². The van der Waals surface area contributed by atoms with Gasteiger partial charge in [-0.3, -0.25) is 0 Å². The fourth-order valence-corrected chi connectivity index (χ4v) is 8.21. The van der Waals surface area contributed by atoms with Crippen molar-refractivity contribution in [1.82, 2.24) is 0 Å². The summed E-state index contributed by atoms with van der Waals surface area (Å²) in [5.41, 5.74) is 1.73. The van der Waals surface area contributed by atoms with Gasteiger partial charge in [0.1, 0.15) is 0 Å². The molecule has 0 spiro atoms. The Morgan fingerprint density at radius 3 is 2.43 bits per heavy atom. The van der Waals surface area contributed by atoms with Gasteiger partial charge in [-0.2, -0.15) is 0 Å². The van der Waals surface area contributed by atoms with Crippen LogP contribution in [-0.4, -0.2) is 22.4 Å². The number of hydrogen-bond donors (Lipinski definition) is 2. The van der Waals surface area contributed by atoms with E-state index < -0.39 is 0 Å². The molecular formula is C28H46O2. The van der Waals surface area contributed by atoms with Crippen molar-refractivity contribution in [2.75, 3.05) is 0 Å². The van der Waals surface area contributed by atoms with Crippen LogP contribution in [0.15, 0.2) is 23.8 Å². The van der Waals surface area contributed by atoms with Crippen LogP contribution >= 0.6 is 0 Å². The maximum absolute atomic E-state index is 11.6. The summed E-state index contributed by atoms with van der Waals surface area (Å²) >= 11 is 0. The van der Waals surface area contributed by atoms with E-state index in [1.807, 2.05) is 0 Å². The Labute approximate surface area is 185 Å². The molecule has 2 heteroatoms. The maximum atomic E-state index is 11.6. The van der Waals surface area contributed by atoms with Gasteiger partial charge in [-0.05, 0) is 97.2 Å². The maximum Gasteiger partial charge on any atom is 0.0602 e. The molecule has 30 heavy (non-hydrogen) atoms. The van der Waals surface area contributed by atoms with Gasteiger partial charge in [0.2, 0.25) is 0 Å². The van der Waals surface area contributed by atoms with Gasteiger partial charge in [0, 0.05) is 0 Å². The molecule has 0 radical (unpaired) electrons. The number of aliphatic hydroxyl groups excluding tert-OH is 2. The molecule has 0 unspecified atom stereocenters. The van der Waals surface area contributed by atoms with Crippen LogP contribution in [0.5, 0.6) is 0 Å². The minimum absolute atomic E-state index is 0.0435. The smallest absolute Gasteiger partial charge is 0.0602 e. The lowest BCUT2D eigenvalue weighted by molar-refractivity contribution is -0.133. The monoisotopic (exact) mass is 414 g/mol. The summed E-state index contributed by atoms with van der Waals surface area (Å²) in [6, 6.07) is 0. The molecule has 10 atom stereocenters. The molecule has 0 aromatic heterocycles. The van der Waals surface area contributed by atoms with Crippen molar-refractivity contribution in [2.45, 2.75) is 98.7 Å². The number of hydrogen-bond acceptors (Lipinski definition) is 2. The molecule has 0 saturated heterocycles. The van der Waals surface area contributed by atoms with Gasteiger partial charge in [0.05, 0.1) is 12.2 Å². The third-order valence-electron chi connectivity index (χ3n) is 10.7. The first kappa shape index (κ1) is 22.6. The molecule has 2 nitrogen and oxygen atoms in total. The van der Waals surface area contributed by atoms with Crippen molar-refractivity contribution in [3.8, 4) is 0 Å². The molecule has 3 saturated carbocycles. The fraction of sp³-hybridized carbons (Fsp3) is 0.857. The lowest BCUT2D eigenvalue weighted by atomic mass is 9.46. The highest BCUT2D eigenvalue weighted by atomic mass is 16.3. The summed E-state index contributed by atoms with van der Waals surface area (Å²) in [5, 5.41) is 21.9. The Kier molecular flexibility index (Phi) is 6.08. The SMILES string of the molecule is CC(C)[C@@H](C)/C=C/[C@@H](C)[C@H]1CC[C@@H]2[C@H]3CC=C4C[C@@H](O)CC[C@]4(C)[C@@H]3C[C@@H](O)[C@@]21C. The highest BCUT2D eigenvalue weighted by Gasteiger charge is 2.62. The summed E-state index contributed by atoms with van der Waals surface area (Å²) in [4.78, 5) is 0. The molecular weight excluding hydrogens is 368 g/mol. The van der Waals surface area contributed by atoms with Crippen LogP contribution in [0.25, 0.3) is 0 Å². The summed E-state index contributed by atoms with van der Waals surface area (Å²) in [6.07, 6.45) is 14.6. The molecule has 170 valence electrons. The van der Waals surface area contributed by atoms with Crippen LogP contribution in [0, 0.1) is 52.3 Å². The Bertz CT molecular complexity index is 693. The van der Waals surface area contributed by atoms with E-state index >= 15 is 0 Å². The summed E-state index contributed by atoms with van der Waals surface area (Å²) in [7, 11) is 0. The van der Waals surface area contributed by atoms with Gasteiger partial charge in [-0.15, -0.1) is 0 Å². The van der Waals surface area contributed by atoms with E-state index in [1.54, 1.807) is 0 Å². The molecule has 3 fully saturated rings. The first-order valence-corrected chi connectivity index (χ1v) is 12.8. The Balaban J connectivity index is 1.58. The molecule has 0 aliphatic heterocycles. The minimum atomic E-state index is -0.197. The predicted octanol–water partition coefficient (Wildman–Crippen LogP) is 6.38. The molecule has 2 N–H and O–H groups in total. The zero-order valence-corrected chi connectivity index (χ0v) is 20.3. The Morgan fingerprint density at radius 2 is 1.73 bits per heavy atom. The van der Waals surface area contributed by atoms with Crippen LogP contribution in [0.2, 0.25) is 0 Å². The van der Waals surface area contributed by atoms with Gasteiger partial charge in [0.15, 0.2) is 0 Å². The molecule has 0 aromatic carbocycles. The van der Waals surface area contributed by atoms with Crippen LogP contribution in [0.4, 0.5) is 0 Å². The molecule has 0 aromatic rings. The first-order chi connectivity index (χ1) is 14.1. The summed E-state index contributed by atoms with van der Waals surface area (Å²) in [6.45, 7) is 14.2. The topological polar surface area (TPSA) is 40.5 Å². The zero-order chi connectivity index (χ0) is 21.8. The number of aliphatic hydroxyl groups is 2. The van der Waals surface area contributed by atoms with Crippen LogP contribution in [-0.2, 0) is 0 Å². The standard InChI is InChI=1S/C28H46O2/c1-17(2)18(3)7-8-19(4)23-11-12-24-22-10-9-20-15-21(29)13-14-27(20,5)25(22)16-26(30)28(23,24)6/h7-9,17-19,21-26,29-30H,10-16H2,1-6H3/b8-7+/t18-,19+,21-,22+,23+,24+,25+,26+,27-,28+/m0/s1. The van der Waals surface area contributed by atoms with E-state index in [-0.39, 0.29) is 23.0 Å². The highest BCUT2D eigenvalue weighted by molar-refractivity contribution is 5.26. The zero-order valence-electron chi connectivity index (χ0n) is 20.3. The van der Waals surface area contributed by atoms with E-state index in [9.17, 15) is 10.2 Å². The second-order valence-electron chi connectivity index (χ2n) is 12.3. The minimum Gasteiger partial charge on any atom is -0.393 e. The fourth-order valence-electron chi connectivity index (χ4n) is 8.21. The predicted molar refractivity (Wildman–Crippen MR) is 125 cm³/mol.